The van der Waals surface area contributed by atoms with Crippen LogP contribution >= 0.6 is 0 Å². The third-order valence-corrected chi connectivity index (χ3v) is 4.65. The number of carboxylic acids is 1. The van der Waals surface area contributed by atoms with Gasteiger partial charge in [0.2, 0.25) is 5.76 Å². The van der Waals surface area contributed by atoms with Crippen LogP contribution in [0.1, 0.15) is 42.9 Å². The van der Waals surface area contributed by atoms with Crippen molar-refractivity contribution < 1.29 is 32.6 Å². The second-order valence-electron chi connectivity index (χ2n) is 6.24. The van der Waals surface area contributed by atoms with Gasteiger partial charge in [-0.3, -0.25) is 9.59 Å². The molecule has 0 bridgehead atoms. The van der Waals surface area contributed by atoms with Crippen molar-refractivity contribution in [2.24, 2.45) is 5.92 Å². The van der Waals surface area contributed by atoms with Gasteiger partial charge in [-0.25, -0.2) is 0 Å². The number of fused-ring (bicyclic) bond motifs is 1. The van der Waals surface area contributed by atoms with Gasteiger partial charge in [0.25, 0.3) is 0 Å². The molecular formula is C17H15F3O5. The standard InChI is InChI=1S/C17H15F3O5/c18-17(19,20)15-13(8-1-3-9(4-2-8)16(23)24)14(22)11-6-5-10(21)7-12(11)25-15/h5-9,21H,1-4H2,(H,23,24)/t8-,9+. The molecule has 134 valence electrons. The van der Waals surface area contributed by atoms with Gasteiger partial charge in [-0.15, -0.1) is 0 Å². The molecule has 8 heteroatoms. The minimum atomic E-state index is -4.86. The Morgan fingerprint density at radius 2 is 1.80 bits per heavy atom. The summed E-state index contributed by atoms with van der Waals surface area (Å²) in [4.78, 5) is 23.7. The van der Waals surface area contributed by atoms with E-state index in [2.05, 4.69) is 0 Å². The van der Waals surface area contributed by atoms with E-state index < -0.39 is 40.7 Å². The molecule has 0 atom stereocenters. The molecule has 1 saturated carbocycles. The zero-order chi connectivity index (χ0) is 18.4. The van der Waals surface area contributed by atoms with Gasteiger partial charge in [0.05, 0.1) is 16.9 Å². The maximum atomic E-state index is 13.4. The van der Waals surface area contributed by atoms with E-state index in [1.165, 1.54) is 12.1 Å². The summed E-state index contributed by atoms with van der Waals surface area (Å²) in [7, 11) is 0. The fourth-order valence-corrected chi connectivity index (χ4v) is 3.41. The lowest BCUT2D eigenvalue weighted by Gasteiger charge is -2.27. The highest BCUT2D eigenvalue weighted by Gasteiger charge is 2.42. The van der Waals surface area contributed by atoms with Crippen LogP contribution in [0.25, 0.3) is 11.0 Å². The number of benzene rings is 1. The Bertz CT molecular complexity index is 876. The summed E-state index contributed by atoms with van der Waals surface area (Å²) in [5.74, 6) is -3.96. The Balaban J connectivity index is 2.13. The van der Waals surface area contributed by atoms with Crippen molar-refractivity contribution in [3.8, 4) is 5.75 Å². The van der Waals surface area contributed by atoms with Crippen molar-refractivity contribution >= 4 is 16.9 Å². The largest absolute Gasteiger partial charge is 0.508 e. The molecule has 0 spiro atoms. The topological polar surface area (TPSA) is 87.7 Å². The van der Waals surface area contributed by atoms with E-state index in [1.807, 2.05) is 0 Å². The lowest BCUT2D eigenvalue weighted by atomic mass is 9.78. The number of hydrogen-bond acceptors (Lipinski definition) is 4. The van der Waals surface area contributed by atoms with Crippen molar-refractivity contribution in [1.82, 2.24) is 0 Å². The summed E-state index contributed by atoms with van der Waals surface area (Å²) in [6, 6.07) is 3.40. The van der Waals surface area contributed by atoms with Crippen LogP contribution in [0.5, 0.6) is 5.75 Å². The number of carboxylic acid groups (broad SMARTS) is 1. The molecule has 1 fully saturated rings. The quantitative estimate of drug-likeness (QED) is 0.853. The van der Waals surface area contributed by atoms with Crippen LogP contribution in [-0.4, -0.2) is 16.2 Å². The first-order valence-corrected chi connectivity index (χ1v) is 7.78. The Kier molecular flexibility index (Phi) is 4.22. The van der Waals surface area contributed by atoms with Crippen LogP contribution in [0.4, 0.5) is 13.2 Å². The van der Waals surface area contributed by atoms with Gasteiger partial charge in [-0.1, -0.05) is 0 Å². The molecule has 0 unspecified atom stereocenters. The van der Waals surface area contributed by atoms with Crippen molar-refractivity contribution in [2.75, 3.05) is 0 Å². The minimum Gasteiger partial charge on any atom is -0.508 e. The number of alkyl halides is 3. The molecule has 0 radical (unpaired) electrons. The Morgan fingerprint density at radius 3 is 2.36 bits per heavy atom. The Morgan fingerprint density at radius 1 is 1.16 bits per heavy atom. The number of aromatic hydroxyl groups is 1. The van der Waals surface area contributed by atoms with Crippen LogP contribution in [0.3, 0.4) is 0 Å². The highest BCUT2D eigenvalue weighted by Crippen LogP contribution is 2.41. The molecule has 0 saturated heterocycles. The second-order valence-corrected chi connectivity index (χ2v) is 6.24. The minimum absolute atomic E-state index is 0.0406. The summed E-state index contributed by atoms with van der Waals surface area (Å²) >= 11 is 0. The first-order valence-electron chi connectivity index (χ1n) is 7.78. The van der Waals surface area contributed by atoms with E-state index in [9.17, 15) is 27.9 Å². The molecule has 1 aliphatic carbocycles. The number of phenols is 1. The van der Waals surface area contributed by atoms with Crippen molar-refractivity contribution in [1.29, 1.82) is 0 Å². The molecule has 1 aliphatic rings. The van der Waals surface area contributed by atoms with Gasteiger partial charge < -0.3 is 14.6 Å². The zero-order valence-corrected chi connectivity index (χ0v) is 13.0. The molecule has 25 heavy (non-hydrogen) atoms. The van der Waals surface area contributed by atoms with Gasteiger partial charge in [0.1, 0.15) is 11.3 Å². The van der Waals surface area contributed by atoms with Gasteiger partial charge >= 0.3 is 12.1 Å². The average Bonchev–Trinajstić information content (AvgIpc) is 2.53. The van der Waals surface area contributed by atoms with Gasteiger partial charge in [-0.2, -0.15) is 13.2 Å². The fraction of sp³-hybridized carbons (Fsp3) is 0.412. The number of carbonyl (C=O) groups is 1. The lowest BCUT2D eigenvalue weighted by molar-refractivity contribution is -0.154. The molecule has 1 aromatic carbocycles. The van der Waals surface area contributed by atoms with Gasteiger partial charge in [0, 0.05) is 6.07 Å². The van der Waals surface area contributed by atoms with Crippen molar-refractivity contribution in [3.63, 3.8) is 0 Å². The van der Waals surface area contributed by atoms with Crippen LogP contribution in [0, 0.1) is 5.92 Å². The molecule has 2 aromatic rings. The number of phenolic OH excluding ortho intramolecular Hbond substituents is 1. The summed E-state index contributed by atoms with van der Waals surface area (Å²) in [6.07, 6.45) is -4.09. The molecule has 3 rings (SSSR count). The van der Waals surface area contributed by atoms with E-state index >= 15 is 0 Å². The predicted octanol–water partition coefficient (Wildman–Crippen LogP) is 3.88. The van der Waals surface area contributed by atoms with E-state index in [0.717, 1.165) is 6.07 Å². The third kappa shape index (κ3) is 3.20. The van der Waals surface area contributed by atoms with E-state index in [4.69, 9.17) is 9.52 Å². The second kappa shape index (κ2) is 6.09. The summed E-state index contributed by atoms with van der Waals surface area (Å²) in [5.41, 5.74) is -1.57. The van der Waals surface area contributed by atoms with Gasteiger partial charge in [0.15, 0.2) is 5.43 Å². The monoisotopic (exact) mass is 356 g/mol. The maximum Gasteiger partial charge on any atom is 0.449 e. The molecule has 0 amide bonds. The number of rotatable bonds is 2. The third-order valence-electron chi connectivity index (χ3n) is 4.65. The van der Waals surface area contributed by atoms with E-state index in [-0.39, 0.29) is 42.4 Å². The number of halogens is 3. The average molecular weight is 356 g/mol. The highest BCUT2D eigenvalue weighted by molar-refractivity contribution is 5.79. The highest BCUT2D eigenvalue weighted by atomic mass is 19.4. The lowest BCUT2D eigenvalue weighted by Crippen LogP contribution is -2.26. The van der Waals surface area contributed by atoms with Crippen LogP contribution < -0.4 is 5.43 Å². The molecule has 0 aliphatic heterocycles. The molecule has 2 N–H and O–H groups in total. The zero-order valence-electron chi connectivity index (χ0n) is 13.0. The summed E-state index contributed by atoms with van der Waals surface area (Å²) in [6.45, 7) is 0. The molecular weight excluding hydrogens is 341 g/mol. The predicted molar refractivity (Wildman–Crippen MR) is 81.5 cm³/mol. The Labute approximate surface area is 139 Å². The Hall–Kier alpha value is -2.51. The SMILES string of the molecule is O=c1c2ccc(O)cc2oc(C(F)(F)F)c1[C@H]1CC[C@@H](C(=O)O)CC1. The number of hydrogen-bond donors (Lipinski definition) is 2. The first kappa shape index (κ1) is 17.3. The molecule has 5 nitrogen and oxygen atoms in total. The van der Waals surface area contributed by atoms with Crippen LogP contribution in [0.15, 0.2) is 27.4 Å². The van der Waals surface area contributed by atoms with E-state index in [0.29, 0.717) is 0 Å². The molecule has 1 heterocycles. The van der Waals surface area contributed by atoms with Crippen molar-refractivity contribution in [3.05, 3.63) is 39.7 Å². The summed E-state index contributed by atoms with van der Waals surface area (Å²) < 4.78 is 45.2. The van der Waals surface area contributed by atoms with Crippen LogP contribution in [-0.2, 0) is 11.0 Å². The fourth-order valence-electron chi connectivity index (χ4n) is 3.41. The first-order chi connectivity index (χ1) is 11.7. The number of aliphatic carboxylic acids is 1. The maximum absolute atomic E-state index is 13.4. The smallest absolute Gasteiger partial charge is 0.449 e. The van der Waals surface area contributed by atoms with E-state index in [1.54, 1.807) is 0 Å². The van der Waals surface area contributed by atoms with Crippen molar-refractivity contribution in [2.45, 2.75) is 37.8 Å². The van der Waals surface area contributed by atoms with Crippen LogP contribution in [0.2, 0.25) is 0 Å². The molecule has 1 aromatic heterocycles. The summed E-state index contributed by atoms with van der Waals surface area (Å²) in [5, 5.41) is 18.4. The van der Waals surface area contributed by atoms with Gasteiger partial charge in [-0.05, 0) is 43.7 Å². The normalized spacial score (nSPS) is 21.4.